The van der Waals surface area contributed by atoms with Crippen LogP contribution in [0, 0.1) is 20.8 Å². The summed E-state index contributed by atoms with van der Waals surface area (Å²) in [7, 11) is 0. The van der Waals surface area contributed by atoms with Crippen molar-refractivity contribution in [2.75, 3.05) is 6.26 Å². The number of hydrogen-bond donors (Lipinski definition) is 0. The van der Waals surface area contributed by atoms with Gasteiger partial charge in [-0.15, -0.1) is 0 Å². The molecule has 3 aromatic rings. The van der Waals surface area contributed by atoms with Crippen molar-refractivity contribution >= 4 is 28.7 Å². The van der Waals surface area contributed by atoms with Crippen molar-refractivity contribution in [3.05, 3.63) is 62.8 Å². The van der Waals surface area contributed by atoms with Crippen LogP contribution < -0.4 is 5.63 Å². The summed E-state index contributed by atoms with van der Waals surface area (Å²) in [4.78, 5) is 32.9. The van der Waals surface area contributed by atoms with E-state index in [0.717, 1.165) is 33.1 Å². The molecule has 146 valence electrons. The largest absolute Gasteiger partial charge is 0.461 e. The average Bonchev–Trinajstić information content (AvgIpc) is 2.64. The molecule has 0 saturated carbocycles. The Labute approximate surface area is 167 Å². The number of aryl methyl sites for hydroxylation is 3. The Hall–Kier alpha value is -2.67. The standard InChI is InChI=1S/C21H22N2O4S/c1-12-5-6-17-15(10-20(25)27-18(17)9-12)11-26-19(24)8-7-16-13(2)22-21(28-4)23-14(16)3/h5-6,9-10H,7-8,11H2,1-4H3. The van der Waals surface area contributed by atoms with Crippen LogP contribution >= 0.6 is 11.8 Å². The molecule has 0 N–H and O–H groups in total. The number of ether oxygens (including phenoxy) is 1. The number of esters is 1. The molecule has 0 radical (unpaired) electrons. The minimum atomic E-state index is -0.457. The molecule has 0 unspecified atom stereocenters. The van der Waals surface area contributed by atoms with Gasteiger partial charge in [-0.25, -0.2) is 14.8 Å². The number of aromatic nitrogens is 2. The van der Waals surface area contributed by atoms with Crippen LogP contribution in [0.25, 0.3) is 11.0 Å². The zero-order chi connectivity index (χ0) is 20.3. The monoisotopic (exact) mass is 398 g/mol. The van der Waals surface area contributed by atoms with Gasteiger partial charge in [0.15, 0.2) is 5.16 Å². The number of hydrogen-bond acceptors (Lipinski definition) is 7. The van der Waals surface area contributed by atoms with E-state index in [2.05, 4.69) is 9.97 Å². The molecule has 0 aliphatic heterocycles. The summed E-state index contributed by atoms with van der Waals surface area (Å²) in [6.07, 6.45) is 2.67. The minimum absolute atomic E-state index is 0.0316. The minimum Gasteiger partial charge on any atom is -0.461 e. The molecular weight excluding hydrogens is 376 g/mol. The maximum Gasteiger partial charge on any atom is 0.336 e. The molecule has 0 saturated heterocycles. The van der Waals surface area contributed by atoms with Crippen molar-refractivity contribution in [3.63, 3.8) is 0 Å². The van der Waals surface area contributed by atoms with Crippen molar-refractivity contribution in [1.29, 1.82) is 0 Å². The smallest absolute Gasteiger partial charge is 0.336 e. The van der Waals surface area contributed by atoms with Gasteiger partial charge in [-0.2, -0.15) is 0 Å². The van der Waals surface area contributed by atoms with Gasteiger partial charge >= 0.3 is 11.6 Å². The van der Waals surface area contributed by atoms with Gasteiger partial charge < -0.3 is 9.15 Å². The molecule has 0 aliphatic rings. The van der Waals surface area contributed by atoms with Gasteiger partial charge in [0.05, 0.1) is 0 Å². The summed E-state index contributed by atoms with van der Waals surface area (Å²) in [5, 5.41) is 1.50. The summed E-state index contributed by atoms with van der Waals surface area (Å²) in [5.74, 6) is -0.332. The Kier molecular flexibility index (Phi) is 6.14. The van der Waals surface area contributed by atoms with Crippen LogP contribution in [0.2, 0.25) is 0 Å². The Bertz CT molecular complexity index is 1070. The van der Waals surface area contributed by atoms with Crippen LogP contribution in [-0.2, 0) is 22.6 Å². The Morgan fingerprint density at radius 3 is 2.54 bits per heavy atom. The summed E-state index contributed by atoms with van der Waals surface area (Å²) in [6.45, 7) is 5.80. The zero-order valence-electron chi connectivity index (χ0n) is 16.4. The second-order valence-corrected chi connectivity index (χ2v) is 7.38. The summed E-state index contributed by atoms with van der Waals surface area (Å²) < 4.78 is 10.6. The number of carbonyl (C=O) groups is 1. The van der Waals surface area contributed by atoms with Crippen LogP contribution in [0.4, 0.5) is 0 Å². The molecule has 2 heterocycles. The van der Waals surface area contributed by atoms with Crippen LogP contribution in [0.1, 0.15) is 34.5 Å². The summed E-state index contributed by atoms with van der Waals surface area (Å²) in [5.41, 5.74) is 4.40. The van der Waals surface area contributed by atoms with E-state index in [0.29, 0.717) is 17.6 Å². The molecule has 7 heteroatoms. The van der Waals surface area contributed by atoms with E-state index in [1.807, 2.05) is 39.2 Å². The molecule has 0 aliphatic carbocycles. The third-order valence-electron chi connectivity index (χ3n) is 4.54. The van der Waals surface area contributed by atoms with E-state index < -0.39 is 5.63 Å². The normalized spacial score (nSPS) is 11.0. The second-order valence-electron chi connectivity index (χ2n) is 6.61. The van der Waals surface area contributed by atoms with Gasteiger partial charge in [-0.1, -0.05) is 23.9 Å². The average molecular weight is 398 g/mol. The summed E-state index contributed by atoms with van der Waals surface area (Å²) in [6, 6.07) is 6.96. The Morgan fingerprint density at radius 2 is 1.86 bits per heavy atom. The van der Waals surface area contributed by atoms with E-state index >= 15 is 0 Å². The van der Waals surface area contributed by atoms with Crippen LogP contribution in [0.3, 0.4) is 0 Å². The van der Waals surface area contributed by atoms with E-state index in [-0.39, 0.29) is 19.0 Å². The van der Waals surface area contributed by atoms with E-state index in [1.165, 1.54) is 17.8 Å². The lowest BCUT2D eigenvalue weighted by Crippen LogP contribution is -2.10. The van der Waals surface area contributed by atoms with Crippen molar-refractivity contribution < 1.29 is 13.9 Å². The van der Waals surface area contributed by atoms with Gasteiger partial charge in [-0.05, 0) is 50.6 Å². The molecule has 28 heavy (non-hydrogen) atoms. The molecule has 0 bridgehead atoms. The first-order valence-electron chi connectivity index (χ1n) is 8.94. The summed E-state index contributed by atoms with van der Waals surface area (Å²) >= 11 is 1.49. The lowest BCUT2D eigenvalue weighted by Gasteiger charge is -2.10. The quantitative estimate of drug-likeness (QED) is 0.269. The zero-order valence-corrected chi connectivity index (χ0v) is 17.2. The first kappa shape index (κ1) is 20.1. The van der Waals surface area contributed by atoms with E-state index in [1.54, 1.807) is 6.07 Å². The van der Waals surface area contributed by atoms with E-state index in [4.69, 9.17) is 9.15 Å². The number of nitrogens with zero attached hydrogens (tertiary/aromatic N) is 2. The SMILES string of the molecule is CSc1nc(C)c(CCC(=O)OCc2cc(=O)oc3cc(C)ccc23)c(C)n1. The fourth-order valence-corrected chi connectivity index (χ4v) is 3.53. The van der Waals surface area contributed by atoms with Crippen molar-refractivity contribution in [3.8, 4) is 0 Å². The molecule has 0 atom stereocenters. The second kappa shape index (κ2) is 8.56. The van der Waals surface area contributed by atoms with Gasteiger partial charge in [-0.3, -0.25) is 4.79 Å². The molecule has 2 aromatic heterocycles. The van der Waals surface area contributed by atoms with Crippen molar-refractivity contribution in [2.24, 2.45) is 0 Å². The molecular formula is C21H22N2O4S. The maximum atomic E-state index is 12.2. The maximum absolute atomic E-state index is 12.2. The number of rotatable bonds is 6. The highest BCUT2D eigenvalue weighted by atomic mass is 32.2. The molecule has 1 aromatic carbocycles. The van der Waals surface area contributed by atoms with Gasteiger partial charge in [0.2, 0.25) is 0 Å². The topological polar surface area (TPSA) is 82.3 Å². The molecule has 0 spiro atoms. The third-order valence-corrected chi connectivity index (χ3v) is 5.08. The van der Waals surface area contributed by atoms with Crippen LogP contribution in [0.15, 0.2) is 38.6 Å². The predicted molar refractivity (Wildman–Crippen MR) is 109 cm³/mol. The van der Waals surface area contributed by atoms with Crippen LogP contribution in [-0.4, -0.2) is 22.2 Å². The number of fused-ring (bicyclic) bond motifs is 1. The number of carbonyl (C=O) groups excluding carboxylic acids is 1. The fourth-order valence-electron chi connectivity index (χ4n) is 3.08. The van der Waals surface area contributed by atoms with Gasteiger partial charge in [0.1, 0.15) is 12.2 Å². The molecule has 0 amide bonds. The highest BCUT2D eigenvalue weighted by Crippen LogP contribution is 2.20. The van der Waals surface area contributed by atoms with Crippen molar-refractivity contribution in [1.82, 2.24) is 9.97 Å². The lowest BCUT2D eigenvalue weighted by atomic mass is 10.1. The van der Waals surface area contributed by atoms with Gasteiger partial charge in [0, 0.05) is 34.8 Å². The molecule has 0 fully saturated rings. The Morgan fingerprint density at radius 1 is 1.14 bits per heavy atom. The van der Waals surface area contributed by atoms with E-state index in [9.17, 15) is 9.59 Å². The first-order chi connectivity index (χ1) is 13.4. The lowest BCUT2D eigenvalue weighted by molar-refractivity contribution is -0.144. The Balaban J connectivity index is 1.67. The third kappa shape index (κ3) is 4.59. The number of thioether (sulfide) groups is 1. The highest BCUT2D eigenvalue weighted by molar-refractivity contribution is 7.98. The first-order valence-corrected chi connectivity index (χ1v) is 10.2. The van der Waals surface area contributed by atoms with Crippen molar-refractivity contribution in [2.45, 2.75) is 45.4 Å². The fraction of sp³-hybridized carbons (Fsp3) is 0.333. The van der Waals surface area contributed by atoms with Gasteiger partial charge in [0.25, 0.3) is 0 Å². The molecule has 6 nitrogen and oxygen atoms in total. The number of benzene rings is 1. The predicted octanol–water partition coefficient (Wildman–Crippen LogP) is 3.91. The highest BCUT2D eigenvalue weighted by Gasteiger charge is 2.13. The molecule has 3 rings (SSSR count). The van der Waals surface area contributed by atoms with Crippen LogP contribution in [0.5, 0.6) is 0 Å².